The third-order valence-electron chi connectivity index (χ3n) is 6.14. The average Bonchev–Trinajstić information content (AvgIpc) is 3.04. The van der Waals surface area contributed by atoms with Gasteiger partial charge in [0.1, 0.15) is 12.1 Å². The number of nitrogens with two attached hydrogens (primary N) is 1. The van der Waals surface area contributed by atoms with E-state index in [2.05, 4.69) is 18.5 Å². The minimum absolute atomic E-state index is 0.000349. The number of primary amides is 1. The largest absolute Gasteiger partial charge is 0.480 e. The molecule has 0 aromatic carbocycles. The Hall–Kier alpha value is -2.15. The van der Waals surface area contributed by atoms with Crippen LogP contribution in [0.25, 0.3) is 0 Å². The molecule has 3 fully saturated rings. The molecule has 0 bridgehead atoms. The third kappa shape index (κ3) is 3.40. The number of allylic oxidation sites excluding steroid dienone is 1. The second kappa shape index (κ2) is 7.23. The molecule has 2 saturated carbocycles. The fourth-order valence-electron chi connectivity index (χ4n) is 4.80. The Balaban J connectivity index is 1.74. The highest BCUT2D eigenvalue weighted by atomic mass is 16.6. The molecule has 0 aromatic heterocycles. The SMILES string of the molecule is C=C1CCC2C(CNC(CC(N)=O)C(=O)O)C(=O)OC2C2C(=C)CCC12. The van der Waals surface area contributed by atoms with Crippen molar-refractivity contribution in [2.45, 2.75) is 44.2 Å². The monoisotopic (exact) mass is 362 g/mol. The molecule has 142 valence electrons. The molecule has 7 nitrogen and oxygen atoms in total. The van der Waals surface area contributed by atoms with Gasteiger partial charge in [-0.1, -0.05) is 24.3 Å². The van der Waals surface area contributed by atoms with Crippen molar-refractivity contribution in [3.63, 3.8) is 0 Å². The van der Waals surface area contributed by atoms with Crippen LogP contribution in [-0.2, 0) is 19.1 Å². The lowest BCUT2D eigenvalue weighted by Crippen LogP contribution is -2.44. The predicted octanol–water partition coefficient (Wildman–Crippen LogP) is 0.995. The molecule has 1 heterocycles. The zero-order chi connectivity index (χ0) is 19.0. The minimum atomic E-state index is -1.16. The number of hydrogen-bond donors (Lipinski definition) is 3. The number of ether oxygens (including phenoxy) is 1. The first kappa shape index (κ1) is 18.6. The van der Waals surface area contributed by atoms with Crippen molar-refractivity contribution >= 4 is 17.8 Å². The van der Waals surface area contributed by atoms with Gasteiger partial charge < -0.3 is 20.9 Å². The average molecular weight is 362 g/mol. The fourth-order valence-corrected chi connectivity index (χ4v) is 4.80. The molecular formula is C19H26N2O5. The molecule has 7 heteroatoms. The van der Waals surface area contributed by atoms with Crippen LogP contribution in [0.5, 0.6) is 0 Å². The summed E-state index contributed by atoms with van der Waals surface area (Å²) in [6, 6.07) is -1.10. The maximum absolute atomic E-state index is 12.5. The number of amides is 1. The van der Waals surface area contributed by atoms with Crippen molar-refractivity contribution in [1.29, 1.82) is 0 Å². The van der Waals surface area contributed by atoms with Gasteiger partial charge in [-0.15, -0.1) is 0 Å². The van der Waals surface area contributed by atoms with Crippen molar-refractivity contribution in [2.24, 2.45) is 29.4 Å². The van der Waals surface area contributed by atoms with E-state index in [4.69, 9.17) is 10.5 Å². The first-order valence-electron chi connectivity index (χ1n) is 9.10. The van der Waals surface area contributed by atoms with Crippen molar-refractivity contribution in [3.8, 4) is 0 Å². The van der Waals surface area contributed by atoms with E-state index in [0.29, 0.717) is 5.92 Å². The summed E-state index contributed by atoms with van der Waals surface area (Å²) in [4.78, 5) is 34.8. The molecule has 2 aliphatic carbocycles. The zero-order valence-corrected chi connectivity index (χ0v) is 14.8. The van der Waals surface area contributed by atoms with Gasteiger partial charge in [-0.25, -0.2) is 0 Å². The van der Waals surface area contributed by atoms with E-state index in [1.54, 1.807) is 0 Å². The highest BCUT2D eigenvalue weighted by Crippen LogP contribution is 2.52. The van der Waals surface area contributed by atoms with Gasteiger partial charge in [0.15, 0.2) is 0 Å². The smallest absolute Gasteiger partial charge is 0.321 e. The first-order valence-corrected chi connectivity index (χ1v) is 9.10. The predicted molar refractivity (Wildman–Crippen MR) is 93.8 cm³/mol. The second-order valence-electron chi connectivity index (χ2n) is 7.67. The molecule has 3 rings (SSSR count). The maximum atomic E-state index is 12.5. The van der Waals surface area contributed by atoms with E-state index < -0.39 is 23.8 Å². The summed E-state index contributed by atoms with van der Waals surface area (Å²) in [7, 11) is 0. The normalized spacial score (nSPS) is 34.6. The summed E-state index contributed by atoms with van der Waals surface area (Å²) in [5.41, 5.74) is 7.42. The highest BCUT2D eigenvalue weighted by Gasteiger charge is 2.53. The summed E-state index contributed by atoms with van der Waals surface area (Å²) >= 11 is 0. The molecule has 6 unspecified atom stereocenters. The van der Waals surface area contributed by atoms with Crippen LogP contribution in [-0.4, -0.2) is 41.6 Å². The lowest BCUT2D eigenvalue weighted by molar-refractivity contribution is -0.146. The number of carboxylic acid groups (broad SMARTS) is 1. The van der Waals surface area contributed by atoms with Gasteiger partial charge in [0, 0.05) is 18.4 Å². The van der Waals surface area contributed by atoms with Gasteiger partial charge in [-0.2, -0.15) is 0 Å². The molecule has 6 atom stereocenters. The van der Waals surface area contributed by atoms with Gasteiger partial charge in [0.05, 0.1) is 12.3 Å². The van der Waals surface area contributed by atoms with E-state index >= 15 is 0 Å². The Labute approximate surface area is 152 Å². The summed E-state index contributed by atoms with van der Waals surface area (Å²) in [5, 5.41) is 12.0. The van der Waals surface area contributed by atoms with E-state index in [0.717, 1.165) is 31.3 Å². The number of fused-ring (bicyclic) bond motifs is 3. The number of carbonyl (C=O) groups is 3. The van der Waals surface area contributed by atoms with Crippen LogP contribution in [0.2, 0.25) is 0 Å². The number of carbonyl (C=O) groups excluding carboxylic acids is 2. The van der Waals surface area contributed by atoms with Gasteiger partial charge in [-0.05, 0) is 31.6 Å². The van der Waals surface area contributed by atoms with E-state index in [1.165, 1.54) is 5.57 Å². The van der Waals surface area contributed by atoms with Crippen molar-refractivity contribution in [2.75, 3.05) is 6.54 Å². The first-order chi connectivity index (χ1) is 12.3. The number of rotatable bonds is 6. The third-order valence-corrected chi connectivity index (χ3v) is 6.14. The van der Waals surface area contributed by atoms with E-state index in [9.17, 15) is 19.5 Å². The number of carboxylic acids is 1. The van der Waals surface area contributed by atoms with Gasteiger partial charge in [-0.3, -0.25) is 14.4 Å². The molecule has 1 aliphatic heterocycles. The van der Waals surface area contributed by atoms with E-state index in [-0.39, 0.29) is 36.9 Å². The maximum Gasteiger partial charge on any atom is 0.321 e. The number of hydrogen-bond acceptors (Lipinski definition) is 5. The quantitative estimate of drug-likeness (QED) is 0.479. The van der Waals surface area contributed by atoms with Gasteiger partial charge in [0.2, 0.25) is 5.91 Å². The van der Waals surface area contributed by atoms with Crippen molar-refractivity contribution < 1.29 is 24.2 Å². The molecule has 4 N–H and O–H groups in total. The van der Waals surface area contributed by atoms with Crippen LogP contribution < -0.4 is 11.1 Å². The number of aliphatic carboxylic acids is 1. The topological polar surface area (TPSA) is 119 Å². The molecule has 0 spiro atoms. The molecule has 26 heavy (non-hydrogen) atoms. The number of esters is 1. The molecular weight excluding hydrogens is 336 g/mol. The fraction of sp³-hybridized carbons (Fsp3) is 0.632. The summed E-state index contributed by atoms with van der Waals surface area (Å²) < 4.78 is 5.74. The summed E-state index contributed by atoms with van der Waals surface area (Å²) in [5.74, 6) is -2.17. The molecule has 0 radical (unpaired) electrons. The standard InChI is InChI=1S/C19H26N2O5/c1-9-3-6-12-13(8-21-14(18(23)24)7-15(20)22)19(25)26-17(12)16-10(2)4-5-11(9)16/h11-14,16-17,21H,1-8H2,(H2,20,22)(H,23,24). The Bertz CT molecular complexity index is 658. The molecule has 3 aliphatic rings. The minimum Gasteiger partial charge on any atom is -0.480 e. The molecule has 1 saturated heterocycles. The van der Waals surface area contributed by atoms with Gasteiger partial charge >= 0.3 is 11.9 Å². The van der Waals surface area contributed by atoms with Crippen LogP contribution in [0.4, 0.5) is 0 Å². The van der Waals surface area contributed by atoms with Crippen LogP contribution in [0, 0.1) is 23.7 Å². The van der Waals surface area contributed by atoms with Crippen molar-refractivity contribution in [3.05, 3.63) is 24.3 Å². The molecule has 1 amide bonds. The Morgan fingerprint density at radius 3 is 2.62 bits per heavy atom. The second-order valence-corrected chi connectivity index (χ2v) is 7.67. The lowest BCUT2D eigenvalue weighted by Gasteiger charge is -2.27. The highest BCUT2D eigenvalue weighted by molar-refractivity contribution is 5.83. The van der Waals surface area contributed by atoms with Crippen molar-refractivity contribution in [1.82, 2.24) is 5.32 Å². The Morgan fingerprint density at radius 2 is 1.96 bits per heavy atom. The molecule has 0 aromatic rings. The van der Waals surface area contributed by atoms with Crippen LogP contribution in [0.15, 0.2) is 24.3 Å². The zero-order valence-electron chi connectivity index (χ0n) is 14.8. The summed E-state index contributed by atoms with van der Waals surface area (Å²) in [6.45, 7) is 8.56. The van der Waals surface area contributed by atoms with Crippen LogP contribution >= 0.6 is 0 Å². The van der Waals surface area contributed by atoms with E-state index in [1.807, 2.05) is 0 Å². The van der Waals surface area contributed by atoms with Crippen LogP contribution in [0.3, 0.4) is 0 Å². The summed E-state index contributed by atoms with van der Waals surface area (Å²) in [6.07, 6.45) is 3.03. The lowest BCUT2D eigenvalue weighted by atomic mass is 9.79. The Morgan fingerprint density at radius 1 is 1.27 bits per heavy atom. The van der Waals surface area contributed by atoms with Crippen LogP contribution in [0.1, 0.15) is 32.1 Å². The van der Waals surface area contributed by atoms with Gasteiger partial charge in [0.25, 0.3) is 0 Å². The Kier molecular flexibility index (Phi) is 5.18. The number of nitrogens with one attached hydrogen (secondary N) is 1.